The number of sulfone groups is 1. The first-order valence-electron chi connectivity index (χ1n) is 12.2. The van der Waals surface area contributed by atoms with Crippen molar-refractivity contribution in [2.75, 3.05) is 25.1 Å². The maximum Gasteiger partial charge on any atom is 0.150 e. The molecule has 0 amide bonds. The molecule has 0 radical (unpaired) electrons. The van der Waals surface area contributed by atoms with Gasteiger partial charge in [0.25, 0.3) is 0 Å². The summed E-state index contributed by atoms with van der Waals surface area (Å²) in [6.45, 7) is 2.82. The average Bonchev–Trinajstić information content (AvgIpc) is 3.59. The molecule has 1 aliphatic rings. The van der Waals surface area contributed by atoms with Gasteiger partial charge in [0.1, 0.15) is 32.6 Å². The Bertz CT molecular complexity index is 1640. The lowest BCUT2D eigenvalue weighted by molar-refractivity contribution is 0.229. The normalized spacial score (nSPS) is 16.4. The van der Waals surface area contributed by atoms with E-state index in [0.29, 0.717) is 30.4 Å². The molecule has 5 heterocycles. The first kappa shape index (κ1) is 23.4. The standard InChI is InChI=1S/C27H28N4O3S2/c1-18-13-21-14-19(3-6-25(21)34-18)24-5-4-23-20(15-31(27(23)29-24)26-16-35-17-28-26)7-10-30(2)22-8-11-36(32,33)12-9-22/h3-6,13-17,22H,7-12H2,1-2H3. The van der Waals surface area contributed by atoms with Crippen LogP contribution in [0.5, 0.6) is 0 Å². The lowest BCUT2D eigenvalue weighted by Crippen LogP contribution is -2.39. The van der Waals surface area contributed by atoms with E-state index in [0.717, 1.165) is 57.8 Å². The predicted molar refractivity (Wildman–Crippen MR) is 145 cm³/mol. The Morgan fingerprint density at radius 1 is 1.17 bits per heavy atom. The number of aryl methyl sites for hydroxylation is 1. The van der Waals surface area contributed by atoms with Gasteiger partial charge < -0.3 is 9.32 Å². The Hall–Kier alpha value is -3.01. The number of thiazole rings is 1. The number of furan rings is 1. The minimum absolute atomic E-state index is 0.294. The highest BCUT2D eigenvalue weighted by Gasteiger charge is 2.26. The Balaban J connectivity index is 1.32. The van der Waals surface area contributed by atoms with Crippen LogP contribution in [0.25, 0.3) is 39.1 Å². The molecular weight excluding hydrogens is 492 g/mol. The smallest absolute Gasteiger partial charge is 0.150 e. The van der Waals surface area contributed by atoms with E-state index < -0.39 is 9.84 Å². The number of likely N-dealkylation sites (N-methyl/N-ethyl adjacent to an activating group) is 1. The van der Waals surface area contributed by atoms with Crippen molar-refractivity contribution in [3.8, 4) is 17.1 Å². The van der Waals surface area contributed by atoms with Gasteiger partial charge in [0.2, 0.25) is 0 Å². The zero-order valence-electron chi connectivity index (χ0n) is 20.3. The number of benzene rings is 1. The molecule has 0 aliphatic carbocycles. The predicted octanol–water partition coefficient (Wildman–Crippen LogP) is 5.26. The van der Waals surface area contributed by atoms with Gasteiger partial charge in [0.05, 0.1) is 22.7 Å². The summed E-state index contributed by atoms with van der Waals surface area (Å²) in [5.41, 5.74) is 6.78. The highest BCUT2D eigenvalue weighted by molar-refractivity contribution is 7.91. The monoisotopic (exact) mass is 520 g/mol. The third kappa shape index (κ3) is 4.47. The van der Waals surface area contributed by atoms with Gasteiger partial charge in [-0.05, 0) is 75.2 Å². The Morgan fingerprint density at radius 2 is 2.00 bits per heavy atom. The third-order valence-electron chi connectivity index (χ3n) is 7.22. The fraction of sp³-hybridized carbons (Fsp3) is 0.333. The molecule has 9 heteroatoms. The highest BCUT2D eigenvalue weighted by Crippen LogP contribution is 2.30. The van der Waals surface area contributed by atoms with Crippen molar-refractivity contribution in [3.05, 3.63) is 64.8 Å². The molecule has 36 heavy (non-hydrogen) atoms. The first-order valence-corrected chi connectivity index (χ1v) is 14.9. The summed E-state index contributed by atoms with van der Waals surface area (Å²) < 4.78 is 31.5. The van der Waals surface area contributed by atoms with Crippen LogP contribution in [-0.4, -0.2) is 59.0 Å². The van der Waals surface area contributed by atoms with Crippen LogP contribution in [0.4, 0.5) is 0 Å². The summed E-state index contributed by atoms with van der Waals surface area (Å²) in [5, 5.41) is 4.22. The van der Waals surface area contributed by atoms with Crippen LogP contribution < -0.4 is 0 Å². The molecule has 6 rings (SSSR count). The molecule has 186 valence electrons. The quantitative estimate of drug-likeness (QED) is 0.304. The second-order valence-electron chi connectivity index (χ2n) is 9.66. The number of hydrogen-bond acceptors (Lipinski definition) is 7. The molecule has 0 atom stereocenters. The lowest BCUT2D eigenvalue weighted by atomic mass is 10.1. The summed E-state index contributed by atoms with van der Waals surface area (Å²) >= 11 is 1.57. The first-order chi connectivity index (χ1) is 17.4. The van der Waals surface area contributed by atoms with Gasteiger partial charge in [-0.15, -0.1) is 11.3 Å². The van der Waals surface area contributed by atoms with Crippen LogP contribution in [0.1, 0.15) is 24.2 Å². The van der Waals surface area contributed by atoms with E-state index >= 15 is 0 Å². The van der Waals surface area contributed by atoms with E-state index in [1.54, 1.807) is 11.3 Å². The van der Waals surface area contributed by atoms with Crippen LogP contribution >= 0.6 is 11.3 Å². The molecule has 4 aromatic heterocycles. The van der Waals surface area contributed by atoms with Crippen molar-refractivity contribution in [3.63, 3.8) is 0 Å². The molecule has 1 saturated heterocycles. The number of nitrogens with zero attached hydrogens (tertiary/aromatic N) is 4. The molecular formula is C27H28N4O3S2. The number of rotatable bonds is 6. The average molecular weight is 521 g/mol. The van der Waals surface area contributed by atoms with Crippen LogP contribution in [-0.2, 0) is 16.3 Å². The molecule has 5 aromatic rings. The van der Waals surface area contributed by atoms with E-state index in [1.165, 1.54) is 5.56 Å². The third-order valence-corrected chi connectivity index (χ3v) is 9.51. The molecule has 0 bridgehead atoms. The van der Waals surface area contributed by atoms with Gasteiger partial charge in [-0.2, -0.15) is 0 Å². The number of hydrogen-bond donors (Lipinski definition) is 0. The van der Waals surface area contributed by atoms with Crippen molar-refractivity contribution >= 4 is 43.2 Å². The topological polar surface area (TPSA) is 81.2 Å². The minimum atomic E-state index is -2.85. The number of fused-ring (bicyclic) bond motifs is 2. The molecule has 0 N–H and O–H groups in total. The van der Waals surface area contributed by atoms with Gasteiger partial charge in [0.15, 0.2) is 0 Å². The summed E-state index contributed by atoms with van der Waals surface area (Å²) in [7, 11) is -0.751. The SMILES string of the molecule is Cc1cc2cc(-c3ccc4c(CCN(C)C5CCS(=O)(=O)CC5)cn(-c5cscn5)c4n3)ccc2o1. The van der Waals surface area contributed by atoms with E-state index in [4.69, 9.17) is 9.40 Å². The highest BCUT2D eigenvalue weighted by atomic mass is 32.2. The van der Waals surface area contributed by atoms with Crippen molar-refractivity contribution in [2.45, 2.75) is 32.2 Å². The second kappa shape index (κ2) is 9.14. The number of pyridine rings is 1. The van der Waals surface area contributed by atoms with Gasteiger partial charge in [-0.3, -0.25) is 4.57 Å². The largest absolute Gasteiger partial charge is 0.461 e. The molecule has 0 saturated carbocycles. The van der Waals surface area contributed by atoms with Gasteiger partial charge in [-0.25, -0.2) is 18.4 Å². The maximum atomic E-state index is 11.8. The van der Waals surface area contributed by atoms with Crippen LogP contribution in [0, 0.1) is 6.92 Å². The zero-order valence-corrected chi connectivity index (χ0v) is 22.0. The van der Waals surface area contributed by atoms with E-state index in [2.05, 4.69) is 52.0 Å². The minimum Gasteiger partial charge on any atom is -0.461 e. The van der Waals surface area contributed by atoms with Crippen molar-refractivity contribution in [1.29, 1.82) is 0 Å². The van der Waals surface area contributed by atoms with Crippen molar-refractivity contribution < 1.29 is 12.8 Å². The fourth-order valence-electron chi connectivity index (χ4n) is 5.16. The molecule has 0 spiro atoms. The lowest BCUT2D eigenvalue weighted by Gasteiger charge is -2.31. The summed E-state index contributed by atoms with van der Waals surface area (Å²) in [6, 6.07) is 12.8. The van der Waals surface area contributed by atoms with E-state index in [-0.39, 0.29) is 0 Å². The summed E-state index contributed by atoms with van der Waals surface area (Å²) in [6.07, 6.45) is 4.43. The van der Waals surface area contributed by atoms with E-state index in [1.807, 2.05) is 29.9 Å². The Kier molecular flexibility index (Phi) is 5.94. The molecule has 1 fully saturated rings. The summed E-state index contributed by atoms with van der Waals surface area (Å²) in [4.78, 5) is 11.9. The second-order valence-corrected chi connectivity index (χ2v) is 12.7. The molecule has 1 aliphatic heterocycles. The summed E-state index contributed by atoms with van der Waals surface area (Å²) in [5.74, 6) is 2.35. The van der Waals surface area contributed by atoms with Crippen LogP contribution in [0.2, 0.25) is 0 Å². The van der Waals surface area contributed by atoms with Crippen molar-refractivity contribution in [1.82, 2.24) is 19.4 Å². The van der Waals surface area contributed by atoms with Crippen molar-refractivity contribution in [2.24, 2.45) is 0 Å². The maximum absolute atomic E-state index is 11.8. The van der Waals surface area contributed by atoms with Crippen LogP contribution in [0.3, 0.4) is 0 Å². The van der Waals surface area contributed by atoms with Gasteiger partial charge in [-0.1, -0.05) is 0 Å². The molecule has 0 unspecified atom stereocenters. The van der Waals surface area contributed by atoms with Gasteiger partial charge >= 0.3 is 0 Å². The van der Waals surface area contributed by atoms with Crippen LogP contribution in [0.15, 0.2) is 57.9 Å². The zero-order chi connectivity index (χ0) is 24.9. The van der Waals surface area contributed by atoms with Gasteiger partial charge in [0, 0.05) is 40.5 Å². The van der Waals surface area contributed by atoms with E-state index in [9.17, 15) is 8.42 Å². The Labute approximate surface area is 214 Å². The fourth-order valence-corrected chi connectivity index (χ4v) is 7.15. The molecule has 1 aromatic carbocycles. The Morgan fingerprint density at radius 3 is 2.78 bits per heavy atom. The number of aromatic nitrogens is 3. The molecule has 7 nitrogen and oxygen atoms in total.